The molecule has 0 aliphatic carbocycles. The van der Waals surface area contributed by atoms with Crippen molar-refractivity contribution in [3.8, 4) is 0 Å². The van der Waals surface area contributed by atoms with Crippen molar-refractivity contribution in [2.24, 2.45) is 5.92 Å². The normalized spacial score (nSPS) is 15.4. The number of methoxy groups -OCH3 is 1. The first-order valence-electron chi connectivity index (χ1n) is 9.60. The Kier molecular flexibility index (Phi) is 6.73. The van der Waals surface area contributed by atoms with Gasteiger partial charge in [0.1, 0.15) is 0 Å². The fraction of sp³-hybridized carbons (Fsp3) is 0.333. The number of carbonyl (C=O) groups excluding carboxylic acids is 2. The van der Waals surface area contributed by atoms with E-state index >= 15 is 0 Å². The number of benzene rings is 2. The number of ether oxygens (including phenoxy) is 1. The number of anilines is 2. The van der Waals surface area contributed by atoms with Crippen molar-refractivity contribution in [2.75, 3.05) is 37.5 Å². The first-order chi connectivity index (χ1) is 14.3. The molecule has 3 rings (SSSR count). The van der Waals surface area contributed by atoms with E-state index < -0.39 is 16.1 Å². The van der Waals surface area contributed by atoms with E-state index in [-0.39, 0.29) is 29.8 Å². The smallest absolute Gasteiger partial charge is 0.411 e. The fourth-order valence-electron chi connectivity index (χ4n) is 3.42. The third-order valence-corrected chi connectivity index (χ3v) is 7.11. The molecule has 1 saturated heterocycles. The minimum Gasteiger partial charge on any atom is -0.453 e. The summed E-state index contributed by atoms with van der Waals surface area (Å²) in [6, 6.07) is 15.3. The van der Waals surface area contributed by atoms with Gasteiger partial charge in [0.2, 0.25) is 15.9 Å². The maximum Gasteiger partial charge on any atom is 0.411 e. The quantitative estimate of drug-likeness (QED) is 0.785. The highest BCUT2D eigenvalue weighted by Crippen LogP contribution is 2.27. The molecule has 1 aliphatic rings. The van der Waals surface area contributed by atoms with Crippen LogP contribution in [0.4, 0.5) is 16.2 Å². The summed E-state index contributed by atoms with van der Waals surface area (Å²) in [6.07, 6.45) is 0.312. The highest BCUT2D eigenvalue weighted by atomic mass is 32.2. The van der Waals surface area contributed by atoms with Gasteiger partial charge in [-0.1, -0.05) is 18.2 Å². The monoisotopic (exact) mass is 431 g/mol. The van der Waals surface area contributed by atoms with Crippen LogP contribution in [0.5, 0.6) is 0 Å². The summed E-state index contributed by atoms with van der Waals surface area (Å²) < 4.78 is 31.8. The van der Waals surface area contributed by atoms with E-state index in [2.05, 4.69) is 10.1 Å². The molecule has 0 saturated carbocycles. The summed E-state index contributed by atoms with van der Waals surface area (Å²) in [5.74, 6) is -0.218. The van der Waals surface area contributed by atoms with E-state index in [1.165, 1.54) is 35.7 Å². The lowest BCUT2D eigenvalue weighted by atomic mass is 9.96. The van der Waals surface area contributed by atoms with Crippen LogP contribution in [0, 0.1) is 5.92 Å². The molecule has 8 nitrogen and oxygen atoms in total. The number of amides is 2. The zero-order valence-electron chi connectivity index (χ0n) is 16.9. The van der Waals surface area contributed by atoms with Gasteiger partial charge in [-0.3, -0.25) is 10.1 Å². The second kappa shape index (κ2) is 9.27. The minimum atomic E-state index is -3.67. The Labute approximate surface area is 176 Å². The van der Waals surface area contributed by atoms with Crippen LogP contribution >= 0.6 is 0 Å². The molecule has 0 radical (unpaired) electrons. The largest absolute Gasteiger partial charge is 0.453 e. The number of rotatable bonds is 5. The second-order valence-electron chi connectivity index (χ2n) is 7.05. The predicted octanol–water partition coefficient (Wildman–Crippen LogP) is 2.93. The summed E-state index contributed by atoms with van der Waals surface area (Å²) in [4.78, 5) is 25.8. The number of hydrogen-bond acceptors (Lipinski definition) is 5. The van der Waals surface area contributed by atoms with E-state index in [0.717, 1.165) is 5.69 Å². The van der Waals surface area contributed by atoms with E-state index in [9.17, 15) is 18.0 Å². The molecule has 0 aromatic heterocycles. The fourth-order valence-corrected chi connectivity index (χ4v) is 4.89. The maximum absolute atomic E-state index is 12.9. The lowest BCUT2D eigenvalue weighted by molar-refractivity contribution is -0.123. The van der Waals surface area contributed by atoms with Crippen molar-refractivity contribution in [2.45, 2.75) is 17.7 Å². The first-order valence-corrected chi connectivity index (χ1v) is 11.0. The molecule has 30 heavy (non-hydrogen) atoms. The molecule has 0 spiro atoms. The SMILES string of the molecule is COC(=O)Nc1ccc(S(=O)(=O)N2CCC(C(=O)N(C)c3ccccc3)CC2)cc1. The average molecular weight is 432 g/mol. The Morgan fingerprint density at radius 1 is 1.03 bits per heavy atom. The Balaban J connectivity index is 1.62. The van der Waals surface area contributed by atoms with Gasteiger partial charge in [-0.05, 0) is 49.2 Å². The molecular formula is C21H25N3O5S. The van der Waals surface area contributed by atoms with Gasteiger partial charge in [0, 0.05) is 37.4 Å². The highest BCUT2D eigenvalue weighted by Gasteiger charge is 2.33. The van der Waals surface area contributed by atoms with E-state index in [1.54, 1.807) is 11.9 Å². The van der Waals surface area contributed by atoms with Crippen LogP contribution < -0.4 is 10.2 Å². The van der Waals surface area contributed by atoms with Gasteiger partial charge in [-0.2, -0.15) is 4.31 Å². The van der Waals surface area contributed by atoms with Crippen LogP contribution in [0.25, 0.3) is 0 Å². The van der Waals surface area contributed by atoms with Gasteiger partial charge >= 0.3 is 6.09 Å². The zero-order valence-corrected chi connectivity index (χ0v) is 17.8. The third kappa shape index (κ3) is 4.80. The molecule has 0 unspecified atom stereocenters. The summed E-state index contributed by atoms with van der Waals surface area (Å²) in [6.45, 7) is 0.563. The Morgan fingerprint density at radius 2 is 1.63 bits per heavy atom. The number of hydrogen-bond donors (Lipinski definition) is 1. The number of nitrogens with zero attached hydrogens (tertiary/aromatic N) is 2. The van der Waals surface area contributed by atoms with Crippen molar-refractivity contribution < 1.29 is 22.7 Å². The van der Waals surface area contributed by atoms with Gasteiger partial charge in [0.15, 0.2) is 0 Å². The maximum atomic E-state index is 12.9. The minimum absolute atomic E-state index is 0.00325. The molecule has 160 valence electrons. The molecule has 2 aromatic carbocycles. The Morgan fingerprint density at radius 3 is 2.20 bits per heavy atom. The van der Waals surface area contributed by atoms with Crippen LogP contribution in [0.3, 0.4) is 0 Å². The molecule has 2 aromatic rings. The van der Waals surface area contributed by atoms with Crippen molar-refractivity contribution >= 4 is 33.4 Å². The van der Waals surface area contributed by atoms with Gasteiger partial charge in [0.05, 0.1) is 12.0 Å². The lowest BCUT2D eigenvalue weighted by Gasteiger charge is -2.32. The highest BCUT2D eigenvalue weighted by molar-refractivity contribution is 7.89. The molecule has 1 heterocycles. The molecule has 1 fully saturated rings. The van der Waals surface area contributed by atoms with E-state index in [0.29, 0.717) is 18.5 Å². The van der Waals surface area contributed by atoms with Crippen LogP contribution in [-0.2, 0) is 19.6 Å². The van der Waals surface area contributed by atoms with Crippen LogP contribution in [0.15, 0.2) is 59.5 Å². The lowest BCUT2D eigenvalue weighted by Crippen LogP contribution is -2.43. The standard InChI is InChI=1S/C21H25N3O5S/c1-23(18-6-4-3-5-7-18)20(25)16-12-14-24(15-13-16)30(27,28)19-10-8-17(9-11-19)22-21(26)29-2/h3-11,16H,12-15H2,1-2H3,(H,22,26). The van der Waals surface area contributed by atoms with Gasteiger partial charge in [-0.15, -0.1) is 0 Å². The van der Waals surface area contributed by atoms with Crippen molar-refractivity contribution in [1.82, 2.24) is 4.31 Å². The zero-order chi connectivity index (χ0) is 21.7. The average Bonchev–Trinajstić information content (AvgIpc) is 2.79. The van der Waals surface area contributed by atoms with Crippen LogP contribution in [0.2, 0.25) is 0 Å². The van der Waals surface area contributed by atoms with Gasteiger partial charge < -0.3 is 9.64 Å². The molecule has 9 heteroatoms. The third-order valence-electron chi connectivity index (χ3n) is 5.20. The van der Waals surface area contributed by atoms with Gasteiger partial charge in [0.25, 0.3) is 0 Å². The number of piperidine rings is 1. The summed E-state index contributed by atoms with van der Waals surface area (Å²) in [5.41, 5.74) is 1.26. The Hall–Kier alpha value is -2.91. The first kappa shape index (κ1) is 21.8. The summed E-state index contributed by atoms with van der Waals surface area (Å²) >= 11 is 0. The second-order valence-corrected chi connectivity index (χ2v) is 8.99. The van der Waals surface area contributed by atoms with Gasteiger partial charge in [-0.25, -0.2) is 13.2 Å². The predicted molar refractivity (Wildman–Crippen MR) is 114 cm³/mol. The van der Waals surface area contributed by atoms with Crippen molar-refractivity contribution in [3.63, 3.8) is 0 Å². The van der Waals surface area contributed by atoms with Crippen LogP contribution in [-0.4, -0.2) is 52.0 Å². The number of nitrogens with one attached hydrogen (secondary N) is 1. The van der Waals surface area contributed by atoms with E-state index in [4.69, 9.17) is 0 Å². The number of para-hydroxylation sites is 1. The molecule has 1 aliphatic heterocycles. The van der Waals surface area contributed by atoms with Crippen molar-refractivity contribution in [3.05, 3.63) is 54.6 Å². The topological polar surface area (TPSA) is 96.0 Å². The van der Waals surface area contributed by atoms with E-state index in [1.807, 2.05) is 30.3 Å². The number of carbonyl (C=O) groups is 2. The molecule has 0 atom stereocenters. The molecule has 0 bridgehead atoms. The molecular weight excluding hydrogens is 406 g/mol. The Bertz CT molecular complexity index is 985. The number of sulfonamides is 1. The van der Waals surface area contributed by atoms with Crippen molar-refractivity contribution in [1.29, 1.82) is 0 Å². The molecule has 2 amide bonds. The molecule has 1 N–H and O–H groups in total. The summed E-state index contributed by atoms with van der Waals surface area (Å²) in [5, 5.41) is 2.48. The summed E-state index contributed by atoms with van der Waals surface area (Å²) in [7, 11) is -0.679. The van der Waals surface area contributed by atoms with Crippen LogP contribution in [0.1, 0.15) is 12.8 Å².